The van der Waals surface area contributed by atoms with Crippen molar-refractivity contribution in [2.45, 2.75) is 13.3 Å². The van der Waals surface area contributed by atoms with Crippen LogP contribution in [0.1, 0.15) is 10.4 Å². The Balaban J connectivity index is 2.72. The van der Waals surface area contributed by atoms with Gasteiger partial charge in [0.05, 0.1) is 0 Å². The molecule has 0 N–H and O–H groups in total. The average Bonchev–Trinajstić information content (AvgIpc) is 2.17. The average molecular weight is 140 g/mol. The van der Waals surface area contributed by atoms with Crippen LogP contribution in [0.4, 0.5) is 0 Å². The first-order valence-electron chi connectivity index (χ1n) is 2.80. The molecule has 0 unspecified atom stereocenters. The van der Waals surface area contributed by atoms with Crippen LogP contribution in [0.25, 0.3) is 0 Å². The van der Waals surface area contributed by atoms with E-state index in [1.807, 2.05) is 13.0 Å². The molecule has 48 valence electrons. The van der Waals surface area contributed by atoms with Gasteiger partial charge in [0.2, 0.25) is 0 Å². The molecule has 0 bridgehead atoms. The Morgan fingerprint density at radius 2 is 2.56 bits per heavy atom. The molecule has 9 heavy (non-hydrogen) atoms. The van der Waals surface area contributed by atoms with Crippen LogP contribution in [-0.4, -0.2) is 6.29 Å². The van der Waals surface area contributed by atoms with Crippen molar-refractivity contribution in [2.24, 2.45) is 0 Å². The van der Waals surface area contributed by atoms with E-state index in [0.29, 0.717) is 6.42 Å². The van der Waals surface area contributed by atoms with Gasteiger partial charge in [-0.2, -0.15) is 0 Å². The molecule has 0 aliphatic carbocycles. The second-order valence-corrected chi connectivity index (χ2v) is 2.96. The Morgan fingerprint density at radius 3 is 3.00 bits per heavy atom. The van der Waals surface area contributed by atoms with Crippen LogP contribution in [0.5, 0.6) is 0 Å². The summed E-state index contributed by atoms with van der Waals surface area (Å²) in [7, 11) is 0. The monoisotopic (exact) mass is 140 g/mol. The topological polar surface area (TPSA) is 17.1 Å². The maximum Gasteiger partial charge on any atom is 0.125 e. The summed E-state index contributed by atoms with van der Waals surface area (Å²) >= 11 is 1.64. The normalized spacial score (nSPS) is 9.44. The third-order valence-electron chi connectivity index (χ3n) is 1.07. The molecular formula is C7H8OS. The molecule has 0 fully saturated rings. The Kier molecular flexibility index (Phi) is 2.01. The van der Waals surface area contributed by atoms with Crippen LogP contribution in [0.15, 0.2) is 11.4 Å². The summed E-state index contributed by atoms with van der Waals surface area (Å²) in [6.07, 6.45) is 1.50. The molecule has 0 amide bonds. The van der Waals surface area contributed by atoms with Crippen molar-refractivity contribution in [1.29, 1.82) is 0 Å². The van der Waals surface area contributed by atoms with E-state index in [1.54, 1.807) is 11.3 Å². The van der Waals surface area contributed by atoms with Crippen LogP contribution in [0.3, 0.4) is 0 Å². The Bertz CT molecular complexity index is 202. The summed E-state index contributed by atoms with van der Waals surface area (Å²) < 4.78 is 0. The van der Waals surface area contributed by atoms with E-state index in [4.69, 9.17) is 0 Å². The Morgan fingerprint density at radius 1 is 1.78 bits per heavy atom. The summed E-state index contributed by atoms with van der Waals surface area (Å²) in [6, 6.07) is 2.04. The predicted octanol–water partition coefficient (Wildman–Crippen LogP) is 1.80. The van der Waals surface area contributed by atoms with Crippen LogP contribution in [0.2, 0.25) is 0 Å². The fourth-order valence-corrected chi connectivity index (χ4v) is 1.50. The van der Waals surface area contributed by atoms with Crippen molar-refractivity contribution >= 4 is 17.6 Å². The third kappa shape index (κ3) is 1.64. The lowest BCUT2D eigenvalue weighted by Gasteiger charge is -1.79. The number of carbonyl (C=O) groups is 1. The summed E-state index contributed by atoms with van der Waals surface area (Å²) in [5.74, 6) is 0. The SMILES string of the molecule is Cc1csc(CC=O)c1. The van der Waals surface area contributed by atoms with Crippen molar-refractivity contribution in [3.8, 4) is 0 Å². The molecule has 1 aromatic heterocycles. The van der Waals surface area contributed by atoms with Gasteiger partial charge in [-0.25, -0.2) is 0 Å². The zero-order chi connectivity index (χ0) is 6.69. The largest absolute Gasteiger partial charge is 0.303 e. The van der Waals surface area contributed by atoms with Crippen molar-refractivity contribution in [2.75, 3.05) is 0 Å². The maximum atomic E-state index is 9.99. The maximum absolute atomic E-state index is 9.99. The molecule has 1 heterocycles. The number of rotatable bonds is 2. The van der Waals surface area contributed by atoms with Crippen LogP contribution < -0.4 is 0 Å². The fourth-order valence-electron chi connectivity index (χ4n) is 0.680. The van der Waals surface area contributed by atoms with Gasteiger partial charge in [0.25, 0.3) is 0 Å². The lowest BCUT2D eigenvalue weighted by molar-refractivity contribution is -0.107. The van der Waals surface area contributed by atoms with Crippen molar-refractivity contribution in [1.82, 2.24) is 0 Å². The number of aryl methyl sites for hydroxylation is 1. The minimum Gasteiger partial charge on any atom is -0.303 e. The van der Waals surface area contributed by atoms with Gasteiger partial charge in [0, 0.05) is 11.3 Å². The van der Waals surface area contributed by atoms with E-state index in [2.05, 4.69) is 5.38 Å². The minimum absolute atomic E-state index is 0.568. The standard InChI is InChI=1S/C7H8OS/c1-6-4-7(2-3-8)9-5-6/h3-5H,2H2,1H3. The zero-order valence-electron chi connectivity index (χ0n) is 5.26. The summed E-state index contributed by atoms with van der Waals surface area (Å²) in [5, 5.41) is 2.05. The summed E-state index contributed by atoms with van der Waals surface area (Å²) in [4.78, 5) is 11.1. The van der Waals surface area contributed by atoms with E-state index >= 15 is 0 Å². The van der Waals surface area contributed by atoms with Crippen molar-refractivity contribution in [3.05, 3.63) is 21.9 Å². The predicted molar refractivity (Wildman–Crippen MR) is 38.8 cm³/mol. The highest BCUT2D eigenvalue weighted by atomic mass is 32.1. The molecule has 0 aromatic carbocycles. The van der Waals surface area contributed by atoms with Crippen molar-refractivity contribution in [3.63, 3.8) is 0 Å². The number of hydrogen-bond donors (Lipinski definition) is 0. The van der Waals surface area contributed by atoms with Crippen LogP contribution in [-0.2, 0) is 11.2 Å². The third-order valence-corrected chi connectivity index (χ3v) is 2.15. The van der Waals surface area contributed by atoms with Gasteiger partial charge >= 0.3 is 0 Å². The fraction of sp³-hybridized carbons (Fsp3) is 0.286. The second-order valence-electron chi connectivity index (χ2n) is 1.96. The number of hydrogen-bond acceptors (Lipinski definition) is 2. The molecular weight excluding hydrogens is 132 g/mol. The molecule has 2 heteroatoms. The first-order valence-corrected chi connectivity index (χ1v) is 3.68. The highest BCUT2D eigenvalue weighted by molar-refractivity contribution is 7.10. The van der Waals surface area contributed by atoms with E-state index in [9.17, 15) is 4.79 Å². The first-order chi connectivity index (χ1) is 4.33. The summed E-state index contributed by atoms with van der Waals surface area (Å²) in [6.45, 7) is 2.03. The van der Waals surface area contributed by atoms with Gasteiger partial charge in [-0.1, -0.05) is 0 Å². The molecule has 0 radical (unpaired) electrons. The smallest absolute Gasteiger partial charge is 0.125 e. The highest BCUT2D eigenvalue weighted by Crippen LogP contribution is 2.12. The Labute approximate surface area is 58.3 Å². The van der Waals surface area contributed by atoms with Gasteiger partial charge in [-0.15, -0.1) is 11.3 Å². The number of aldehydes is 1. The molecule has 0 atom stereocenters. The molecule has 1 aromatic rings. The number of thiophene rings is 1. The van der Waals surface area contributed by atoms with E-state index < -0.39 is 0 Å². The molecule has 1 rings (SSSR count). The minimum atomic E-state index is 0.568. The molecule has 1 nitrogen and oxygen atoms in total. The van der Waals surface area contributed by atoms with Crippen molar-refractivity contribution < 1.29 is 4.79 Å². The molecule has 0 saturated carbocycles. The van der Waals surface area contributed by atoms with E-state index in [0.717, 1.165) is 11.2 Å². The lowest BCUT2D eigenvalue weighted by Crippen LogP contribution is -1.76. The Hall–Kier alpha value is -0.630. The van der Waals surface area contributed by atoms with E-state index in [-0.39, 0.29) is 0 Å². The molecule has 0 aliphatic heterocycles. The second kappa shape index (κ2) is 2.78. The van der Waals surface area contributed by atoms with Gasteiger partial charge in [-0.05, 0) is 23.9 Å². The van der Waals surface area contributed by atoms with Crippen LogP contribution in [0, 0.1) is 6.92 Å². The quantitative estimate of drug-likeness (QED) is 0.572. The van der Waals surface area contributed by atoms with Gasteiger partial charge in [-0.3, -0.25) is 0 Å². The van der Waals surface area contributed by atoms with Gasteiger partial charge in [0.15, 0.2) is 0 Å². The highest BCUT2D eigenvalue weighted by Gasteiger charge is 1.92. The molecule has 0 saturated heterocycles. The van der Waals surface area contributed by atoms with Gasteiger partial charge < -0.3 is 4.79 Å². The van der Waals surface area contributed by atoms with E-state index in [1.165, 1.54) is 5.56 Å². The number of carbonyl (C=O) groups excluding carboxylic acids is 1. The van der Waals surface area contributed by atoms with Crippen LogP contribution >= 0.6 is 11.3 Å². The lowest BCUT2D eigenvalue weighted by atomic mass is 10.3. The molecule has 0 aliphatic rings. The summed E-state index contributed by atoms with van der Waals surface area (Å²) in [5.41, 5.74) is 1.25. The molecule has 0 spiro atoms. The zero-order valence-corrected chi connectivity index (χ0v) is 6.07. The first kappa shape index (κ1) is 6.49. The van der Waals surface area contributed by atoms with Gasteiger partial charge in [0.1, 0.15) is 6.29 Å².